The zero-order chi connectivity index (χ0) is 9.90. The average molecular weight is 265 g/mol. The quantitative estimate of drug-likeness (QED) is 0.893. The van der Waals surface area contributed by atoms with Crippen LogP contribution < -0.4 is 0 Å². The molecule has 0 aromatic heterocycles. The van der Waals surface area contributed by atoms with Gasteiger partial charge in [0.05, 0.1) is 17.3 Å². The molecule has 1 N–H and O–H groups in total. The first-order valence-electron chi connectivity index (χ1n) is 3.65. The van der Waals surface area contributed by atoms with E-state index in [1.165, 1.54) is 12.1 Å². The molecule has 0 atom stereocenters. The Morgan fingerprint density at radius 1 is 1.23 bits per heavy atom. The van der Waals surface area contributed by atoms with Crippen molar-refractivity contribution in [3.05, 3.63) is 28.7 Å². The maximum absolute atomic E-state index is 11.4. The summed E-state index contributed by atoms with van der Waals surface area (Å²) in [5.41, 5.74) is 0. The topological polar surface area (TPSA) is 54.4 Å². The molecule has 0 bridgehead atoms. The van der Waals surface area contributed by atoms with Crippen molar-refractivity contribution in [3.8, 4) is 0 Å². The van der Waals surface area contributed by atoms with E-state index in [-0.39, 0.29) is 17.3 Å². The molecule has 0 unspecified atom stereocenters. The van der Waals surface area contributed by atoms with E-state index in [4.69, 9.17) is 5.11 Å². The first-order chi connectivity index (χ1) is 6.06. The Morgan fingerprint density at radius 2 is 1.77 bits per heavy atom. The van der Waals surface area contributed by atoms with Gasteiger partial charge in [0.2, 0.25) is 0 Å². The third-order valence-corrected chi connectivity index (χ3v) is 3.77. The lowest BCUT2D eigenvalue weighted by Crippen LogP contribution is -2.09. The summed E-state index contributed by atoms with van der Waals surface area (Å²) in [4.78, 5) is 0.241. The summed E-state index contributed by atoms with van der Waals surface area (Å²) < 4.78 is 23.6. The Morgan fingerprint density at radius 3 is 2.23 bits per heavy atom. The van der Waals surface area contributed by atoms with Crippen LogP contribution in [-0.4, -0.2) is 25.9 Å². The van der Waals surface area contributed by atoms with E-state index >= 15 is 0 Å². The van der Waals surface area contributed by atoms with Crippen molar-refractivity contribution in [1.29, 1.82) is 0 Å². The van der Waals surface area contributed by atoms with Crippen molar-refractivity contribution in [1.82, 2.24) is 0 Å². The highest BCUT2D eigenvalue weighted by atomic mass is 79.9. The molecule has 0 saturated heterocycles. The average Bonchev–Trinajstić information content (AvgIpc) is 2.05. The Bertz CT molecular complexity index is 369. The summed E-state index contributed by atoms with van der Waals surface area (Å²) >= 11 is 3.21. The molecular weight excluding hydrogens is 256 g/mol. The SMILES string of the molecule is O=S(=O)(CCO)c1ccc(Br)cc1. The zero-order valence-electron chi connectivity index (χ0n) is 6.77. The minimum atomic E-state index is -3.30. The molecule has 0 aliphatic rings. The second-order valence-corrected chi connectivity index (χ2v) is 5.52. The van der Waals surface area contributed by atoms with Crippen molar-refractivity contribution >= 4 is 25.8 Å². The van der Waals surface area contributed by atoms with Crippen LogP contribution in [0.15, 0.2) is 33.6 Å². The number of aliphatic hydroxyl groups is 1. The van der Waals surface area contributed by atoms with E-state index in [9.17, 15) is 8.42 Å². The van der Waals surface area contributed by atoms with Crippen LogP contribution in [0.2, 0.25) is 0 Å². The van der Waals surface area contributed by atoms with Gasteiger partial charge in [0.25, 0.3) is 0 Å². The molecule has 0 saturated carbocycles. The van der Waals surface area contributed by atoms with Gasteiger partial charge in [-0.05, 0) is 24.3 Å². The Labute approximate surface area is 85.4 Å². The number of halogens is 1. The van der Waals surface area contributed by atoms with Gasteiger partial charge in [-0.25, -0.2) is 8.42 Å². The lowest BCUT2D eigenvalue weighted by Gasteiger charge is -2.01. The maximum atomic E-state index is 11.4. The van der Waals surface area contributed by atoms with Crippen LogP contribution in [0.25, 0.3) is 0 Å². The third kappa shape index (κ3) is 2.79. The fourth-order valence-corrected chi connectivity index (χ4v) is 2.17. The fraction of sp³-hybridized carbons (Fsp3) is 0.250. The van der Waals surface area contributed by atoms with Crippen LogP contribution >= 0.6 is 15.9 Å². The Kier molecular flexibility index (Phi) is 3.47. The first kappa shape index (κ1) is 10.7. The monoisotopic (exact) mass is 264 g/mol. The van der Waals surface area contributed by atoms with Gasteiger partial charge in [-0.15, -0.1) is 0 Å². The third-order valence-electron chi connectivity index (χ3n) is 1.53. The molecular formula is C8H9BrO3S. The van der Waals surface area contributed by atoms with Crippen LogP contribution in [0.5, 0.6) is 0 Å². The highest BCUT2D eigenvalue weighted by Crippen LogP contribution is 2.15. The van der Waals surface area contributed by atoms with E-state index in [1.807, 2.05) is 0 Å². The lowest BCUT2D eigenvalue weighted by molar-refractivity contribution is 0.319. The van der Waals surface area contributed by atoms with Crippen molar-refractivity contribution in [3.63, 3.8) is 0 Å². The highest BCUT2D eigenvalue weighted by Gasteiger charge is 2.12. The zero-order valence-corrected chi connectivity index (χ0v) is 9.18. The van der Waals surface area contributed by atoms with Crippen LogP contribution in [0, 0.1) is 0 Å². The largest absolute Gasteiger partial charge is 0.395 e. The summed E-state index contributed by atoms with van der Waals surface area (Å²) in [6.07, 6.45) is 0. The van der Waals surface area contributed by atoms with Gasteiger partial charge in [0, 0.05) is 4.47 Å². The van der Waals surface area contributed by atoms with Gasteiger partial charge in [-0.1, -0.05) is 15.9 Å². The summed E-state index contributed by atoms with van der Waals surface area (Å²) in [6.45, 7) is -0.349. The number of hydrogen-bond donors (Lipinski definition) is 1. The summed E-state index contributed by atoms with van der Waals surface area (Å²) in [5, 5.41) is 8.53. The summed E-state index contributed by atoms with van der Waals surface area (Å²) in [6, 6.07) is 6.33. The molecule has 1 rings (SSSR count). The highest BCUT2D eigenvalue weighted by molar-refractivity contribution is 9.10. The fourth-order valence-electron chi connectivity index (χ4n) is 0.880. The van der Waals surface area contributed by atoms with Crippen LogP contribution in [0.3, 0.4) is 0 Å². The smallest absolute Gasteiger partial charge is 0.180 e. The molecule has 0 heterocycles. The minimum absolute atomic E-state index is 0.228. The molecule has 1 aromatic carbocycles. The van der Waals surface area contributed by atoms with Gasteiger partial charge in [-0.3, -0.25) is 0 Å². The van der Waals surface area contributed by atoms with E-state index in [2.05, 4.69) is 15.9 Å². The maximum Gasteiger partial charge on any atom is 0.180 e. The van der Waals surface area contributed by atoms with Gasteiger partial charge in [0.15, 0.2) is 9.84 Å². The van der Waals surface area contributed by atoms with Crippen LogP contribution in [0.4, 0.5) is 0 Å². The van der Waals surface area contributed by atoms with Crippen molar-refractivity contribution in [2.45, 2.75) is 4.90 Å². The molecule has 0 amide bonds. The summed E-state index contributed by atoms with van der Waals surface area (Å²) in [7, 11) is -3.30. The number of aliphatic hydroxyl groups excluding tert-OH is 1. The summed E-state index contributed by atoms with van der Waals surface area (Å²) in [5.74, 6) is -0.228. The minimum Gasteiger partial charge on any atom is -0.395 e. The molecule has 0 aliphatic carbocycles. The van der Waals surface area contributed by atoms with Crippen LogP contribution in [0.1, 0.15) is 0 Å². The second-order valence-electron chi connectivity index (χ2n) is 2.50. The second kappa shape index (κ2) is 4.21. The van der Waals surface area contributed by atoms with E-state index in [0.717, 1.165) is 4.47 Å². The molecule has 0 radical (unpaired) electrons. The lowest BCUT2D eigenvalue weighted by atomic mass is 10.4. The van der Waals surface area contributed by atoms with E-state index < -0.39 is 9.84 Å². The van der Waals surface area contributed by atoms with Crippen molar-refractivity contribution < 1.29 is 13.5 Å². The Balaban J connectivity index is 3.02. The molecule has 0 spiro atoms. The molecule has 3 nitrogen and oxygen atoms in total. The van der Waals surface area contributed by atoms with E-state index in [0.29, 0.717) is 0 Å². The normalized spacial score (nSPS) is 11.5. The van der Waals surface area contributed by atoms with Crippen LogP contribution in [-0.2, 0) is 9.84 Å². The molecule has 0 aliphatic heterocycles. The van der Waals surface area contributed by atoms with Gasteiger partial charge in [0.1, 0.15) is 0 Å². The van der Waals surface area contributed by atoms with Crippen molar-refractivity contribution in [2.24, 2.45) is 0 Å². The van der Waals surface area contributed by atoms with Gasteiger partial charge < -0.3 is 5.11 Å². The molecule has 72 valence electrons. The van der Waals surface area contributed by atoms with E-state index in [1.54, 1.807) is 12.1 Å². The molecule has 13 heavy (non-hydrogen) atoms. The number of benzene rings is 1. The predicted octanol–water partition coefficient (Wildman–Crippen LogP) is 1.22. The number of sulfone groups is 1. The molecule has 0 fully saturated rings. The first-order valence-corrected chi connectivity index (χ1v) is 6.10. The molecule has 5 heteroatoms. The Hall–Kier alpha value is -0.390. The standard InChI is InChI=1S/C8H9BrO3S/c9-7-1-3-8(4-2-7)13(11,12)6-5-10/h1-4,10H,5-6H2. The number of hydrogen-bond acceptors (Lipinski definition) is 3. The molecule has 1 aromatic rings. The predicted molar refractivity (Wildman–Crippen MR) is 53.3 cm³/mol. The number of rotatable bonds is 3. The van der Waals surface area contributed by atoms with Gasteiger partial charge in [-0.2, -0.15) is 0 Å². The van der Waals surface area contributed by atoms with Gasteiger partial charge >= 0.3 is 0 Å². The van der Waals surface area contributed by atoms with Crippen molar-refractivity contribution in [2.75, 3.05) is 12.4 Å².